The number of ether oxygens (including phenoxy) is 2. The second kappa shape index (κ2) is 10.8. The molecule has 0 aliphatic rings. The molecule has 0 unspecified atom stereocenters. The van der Waals surface area contributed by atoms with E-state index in [9.17, 15) is 9.59 Å². The first-order valence-corrected chi connectivity index (χ1v) is 10.1. The highest BCUT2D eigenvalue weighted by molar-refractivity contribution is 6.04. The fourth-order valence-corrected chi connectivity index (χ4v) is 3.04. The summed E-state index contributed by atoms with van der Waals surface area (Å²) in [4.78, 5) is 25.4. The fourth-order valence-electron chi connectivity index (χ4n) is 3.04. The van der Waals surface area contributed by atoms with Crippen molar-refractivity contribution in [3.63, 3.8) is 0 Å². The molecule has 0 fully saturated rings. The van der Waals surface area contributed by atoms with Gasteiger partial charge in [-0.3, -0.25) is 9.59 Å². The summed E-state index contributed by atoms with van der Waals surface area (Å²) >= 11 is 0. The lowest BCUT2D eigenvalue weighted by Crippen LogP contribution is -2.32. The minimum atomic E-state index is -0.787. The number of rotatable bonds is 9. The normalized spacial score (nSPS) is 11.3. The van der Waals surface area contributed by atoms with Gasteiger partial charge in [-0.1, -0.05) is 54.6 Å². The predicted molar refractivity (Wildman–Crippen MR) is 121 cm³/mol. The topological polar surface area (TPSA) is 76.7 Å². The van der Waals surface area contributed by atoms with Crippen molar-refractivity contribution in [2.75, 3.05) is 19.0 Å². The van der Waals surface area contributed by atoms with Gasteiger partial charge in [0.15, 0.2) is 17.6 Å². The average Bonchev–Trinajstić information content (AvgIpc) is 2.80. The molecule has 0 heterocycles. The van der Waals surface area contributed by atoms with Crippen LogP contribution in [0.4, 0.5) is 5.69 Å². The van der Waals surface area contributed by atoms with Gasteiger partial charge in [-0.15, -0.1) is 0 Å². The first-order valence-electron chi connectivity index (χ1n) is 10.1. The Hall–Kier alpha value is -3.80. The van der Waals surface area contributed by atoms with Gasteiger partial charge in [0.2, 0.25) is 0 Å². The number of anilines is 1. The third-order valence-corrected chi connectivity index (χ3v) is 4.71. The number of para-hydroxylation sites is 3. The van der Waals surface area contributed by atoms with Crippen LogP contribution in [-0.4, -0.2) is 31.6 Å². The molecule has 2 amide bonds. The number of nitrogens with one attached hydrogen (secondary N) is 2. The quantitative estimate of drug-likeness (QED) is 0.549. The first-order chi connectivity index (χ1) is 15.1. The molecule has 31 heavy (non-hydrogen) atoms. The van der Waals surface area contributed by atoms with E-state index in [1.54, 1.807) is 56.5 Å². The minimum Gasteiger partial charge on any atom is -0.493 e. The maximum atomic E-state index is 12.7. The van der Waals surface area contributed by atoms with Crippen LogP contribution >= 0.6 is 0 Å². The van der Waals surface area contributed by atoms with Crippen LogP contribution in [0.25, 0.3) is 0 Å². The van der Waals surface area contributed by atoms with Crippen LogP contribution in [0.1, 0.15) is 22.8 Å². The Morgan fingerprint density at radius 3 is 2.26 bits per heavy atom. The SMILES string of the molecule is COc1ccccc1O[C@@H](C)C(=O)Nc1ccccc1C(=O)NCCc1ccccc1. The molecular formula is C25H26N2O4. The zero-order valence-corrected chi connectivity index (χ0v) is 17.6. The molecule has 2 N–H and O–H groups in total. The van der Waals surface area contributed by atoms with Gasteiger partial charge in [0.05, 0.1) is 18.4 Å². The van der Waals surface area contributed by atoms with Crippen molar-refractivity contribution in [3.05, 3.63) is 90.0 Å². The summed E-state index contributed by atoms with van der Waals surface area (Å²) in [5, 5.41) is 5.70. The van der Waals surface area contributed by atoms with Crippen molar-refractivity contribution in [1.82, 2.24) is 5.32 Å². The van der Waals surface area contributed by atoms with Crippen LogP contribution in [-0.2, 0) is 11.2 Å². The molecule has 0 spiro atoms. The van der Waals surface area contributed by atoms with Gasteiger partial charge in [0, 0.05) is 6.54 Å². The van der Waals surface area contributed by atoms with Crippen LogP contribution in [0, 0.1) is 0 Å². The maximum Gasteiger partial charge on any atom is 0.265 e. The lowest BCUT2D eigenvalue weighted by Gasteiger charge is -2.17. The molecule has 0 aromatic heterocycles. The monoisotopic (exact) mass is 418 g/mol. The van der Waals surface area contributed by atoms with Crippen LogP contribution in [0.15, 0.2) is 78.9 Å². The lowest BCUT2D eigenvalue weighted by molar-refractivity contribution is -0.122. The number of methoxy groups -OCH3 is 1. The molecule has 0 saturated heterocycles. The van der Waals surface area contributed by atoms with Crippen molar-refractivity contribution in [2.45, 2.75) is 19.4 Å². The molecule has 0 saturated carbocycles. The Morgan fingerprint density at radius 1 is 0.871 bits per heavy atom. The largest absolute Gasteiger partial charge is 0.493 e. The van der Waals surface area contributed by atoms with E-state index in [2.05, 4.69) is 10.6 Å². The molecule has 160 valence electrons. The average molecular weight is 418 g/mol. The number of carbonyl (C=O) groups excluding carboxylic acids is 2. The first kappa shape index (κ1) is 21.9. The number of hydrogen-bond acceptors (Lipinski definition) is 4. The highest BCUT2D eigenvalue weighted by Crippen LogP contribution is 2.27. The molecule has 6 heteroatoms. The van der Waals surface area contributed by atoms with Gasteiger partial charge in [-0.2, -0.15) is 0 Å². The van der Waals surface area contributed by atoms with E-state index < -0.39 is 6.10 Å². The Labute approximate surface area is 182 Å². The summed E-state index contributed by atoms with van der Waals surface area (Å²) in [6, 6.07) is 23.9. The lowest BCUT2D eigenvalue weighted by atomic mass is 10.1. The van der Waals surface area contributed by atoms with E-state index in [1.165, 1.54) is 0 Å². The second-order valence-corrected chi connectivity index (χ2v) is 6.94. The van der Waals surface area contributed by atoms with Crippen molar-refractivity contribution >= 4 is 17.5 Å². The Bertz CT molecular complexity index is 1020. The van der Waals surface area contributed by atoms with Gasteiger partial charge in [0.1, 0.15) is 0 Å². The molecule has 0 aliphatic heterocycles. The van der Waals surface area contributed by atoms with Crippen LogP contribution < -0.4 is 20.1 Å². The van der Waals surface area contributed by atoms with Gasteiger partial charge in [0.25, 0.3) is 11.8 Å². The summed E-state index contributed by atoms with van der Waals surface area (Å²) < 4.78 is 11.0. The predicted octanol–water partition coefficient (Wildman–Crippen LogP) is 4.07. The summed E-state index contributed by atoms with van der Waals surface area (Å²) in [6.07, 6.45) is -0.0595. The summed E-state index contributed by atoms with van der Waals surface area (Å²) in [5.74, 6) is 0.403. The summed E-state index contributed by atoms with van der Waals surface area (Å²) in [5.41, 5.74) is 1.97. The van der Waals surface area contributed by atoms with E-state index in [-0.39, 0.29) is 11.8 Å². The number of hydrogen-bond donors (Lipinski definition) is 2. The molecule has 0 aliphatic carbocycles. The fraction of sp³-hybridized carbons (Fsp3) is 0.200. The third-order valence-electron chi connectivity index (χ3n) is 4.71. The summed E-state index contributed by atoms with van der Waals surface area (Å²) in [6.45, 7) is 2.14. The van der Waals surface area contributed by atoms with Gasteiger partial charge in [-0.25, -0.2) is 0 Å². The zero-order valence-electron chi connectivity index (χ0n) is 17.6. The Kier molecular flexibility index (Phi) is 7.65. The third kappa shape index (κ3) is 6.09. The van der Waals surface area contributed by atoms with E-state index in [0.717, 1.165) is 12.0 Å². The Balaban J connectivity index is 1.61. The molecule has 0 bridgehead atoms. The number of carbonyl (C=O) groups is 2. The van der Waals surface area contributed by atoms with Crippen LogP contribution in [0.5, 0.6) is 11.5 Å². The highest BCUT2D eigenvalue weighted by Gasteiger charge is 2.19. The molecule has 6 nitrogen and oxygen atoms in total. The molecular weight excluding hydrogens is 392 g/mol. The molecule has 3 aromatic carbocycles. The van der Waals surface area contributed by atoms with Gasteiger partial charge < -0.3 is 20.1 Å². The summed E-state index contributed by atoms with van der Waals surface area (Å²) in [7, 11) is 1.54. The van der Waals surface area contributed by atoms with Crippen molar-refractivity contribution in [1.29, 1.82) is 0 Å². The van der Waals surface area contributed by atoms with Gasteiger partial charge >= 0.3 is 0 Å². The Morgan fingerprint density at radius 2 is 1.52 bits per heavy atom. The van der Waals surface area contributed by atoms with E-state index >= 15 is 0 Å². The molecule has 1 atom stereocenters. The van der Waals surface area contributed by atoms with Gasteiger partial charge in [-0.05, 0) is 43.2 Å². The van der Waals surface area contributed by atoms with Crippen molar-refractivity contribution in [3.8, 4) is 11.5 Å². The highest BCUT2D eigenvalue weighted by atomic mass is 16.5. The molecule has 0 radical (unpaired) electrons. The number of amides is 2. The molecule has 3 rings (SSSR count). The minimum absolute atomic E-state index is 0.245. The van der Waals surface area contributed by atoms with E-state index in [0.29, 0.717) is 29.3 Å². The zero-order chi connectivity index (χ0) is 22.1. The van der Waals surface area contributed by atoms with E-state index in [4.69, 9.17) is 9.47 Å². The maximum absolute atomic E-state index is 12.7. The van der Waals surface area contributed by atoms with Crippen LogP contribution in [0.3, 0.4) is 0 Å². The van der Waals surface area contributed by atoms with Crippen molar-refractivity contribution < 1.29 is 19.1 Å². The standard InChI is InChI=1S/C25H26N2O4/c1-18(31-23-15-9-8-14-22(23)30-2)24(28)27-21-13-7-6-12-20(21)25(29)26-17-16-19-10-4-3-5-11-19/h3-15,18H,16-17H2,1-2H3,(H,26,29)(H,27,28)/t18-/m0/s1. The smallest absolute Gasteiger partial charge is 0.265 e. The van der Waals surface area contributed by atoms with Crippen molar-refractivity contribution in [2.24, 2.45) is 0 Å². The second-order valence-electron chi connectivity index (χ2n) is 6.94. The van der Waals surface area contributed by atoms with E-state index in [1.807, 2.05) is 36.4 Å². The van der Waals surface area contributed by atoms with Crippen LogP contribution in [0.2, 0.25) is 0 Å². The number of benzene rings is 3. The molecule has 3 aromatic rings.